The number of pyridine rings is 1. The molecule has 1 saturated carbocycles. The number of anilines is 2. The number of nitrogens with two attached hydrogens (primary N) is 1. The molecule has 4 aromatic rings. The van der Waals surface area contributed by atoms with Gasteiger partial charge in [-0.15, -0.1) is 0 Å². The molecule has 2 aliphatic rings. The summed E-state index contributed by atoms with van der Waals surface area (Å²) < 4.78 is 2.13. The van der Waals surface area contributed by atoms with Crippen LogP contribution in [0.15, 0.2) is 73.1 Å². The van der Waals surface area contributed by atoms with Gasteiger partial charge in [0.15, 0.2) is 5.82 Å². The number of hydrogen-bond acceptors (Lipinski definition) is 4. The lowest BCUT2D eigenvalue weighted by Gasteiger charge is -2.38. The molecule has 1 aliphatic heterocycles. The summed E-state index contributed by atoms with van der Waals surface area (Å²) in [5.74, 6) is 1.74. The first-order valence-electron chi connectivity index (χ1n) is 10.0. The summed E-state index contributed by atoms with van der Waals surface area (Å²) in [7, 11) is 0. The van der Waals surface area contributed by atoms with Crippen molar-refractivity contribution in [3.63, 3.8) is 0 Å². The first kappa shape index (κ1) is 16.5. The van der Waals surface area contributed by atoms with Gasteiger partial charge in [-0.05, 0) is 49.1 Å². The molecule has 146 valence electrons. The summed E-state index contributed by atoms with van der Waals surface area (Å²) in [6, 6.07) is 20.8. The fourth-order valence-electron chi connectivity index (χ4n) is 4.31. The van der Waals surface area contributed by atoms with E-state index in [9.17, 15) is 0 Å². The van der Waals surface area contributed by atoms with Crippen LogP contribution in [-0.4, -0.2) is 14.5 Å². The van der Waals surface area contributed by atoms with Gasteiger partial charge in [-0.25, -0.2) is 9.97 Å². The van der Waals surface area contributed by atoms with E-state index in [4.69, 9.17) is 10.7 Å². The SMILES string of the molecule is NC1(c2ccc(-c3cn4c(n3)-c3ccccc3Nc3ncccc3-4)cc2)CCC1.[HH].[HH]. The molecule has 3 heterocycles. The molecule has 5 nitrogen and oxygen atoms in total. The summed E-state index contributed by atoms with van der Waals surface area (Å²) in [6.07, 6.45) is 7.25. The van der Waals surface area contributed by atoms with E-state index in [2.05, 4.69) is 63.5 Å². The van der Waals surface area contributed by atoms with Gasteiger partial charge < -0.3 is 11.1 Å². The first-order valence-corrected chi connectivity index (χ1v) is 10.0. The van der Waals surface area contributed by atoms with Crippen LogP contribution in [0.1, 0.15) is 27.7 Å². The molecule has 1 fully saturated rings. The molecular weight excluding hydrogens is 358 g/mol. The van der Waals surface area contributed by atoms with Crippen molar-refractivity contribution >= 4 is 11.5 Å². The second kappa shape index (κ2) is 6.03. The minimum atomic E-state index is -0.140. The van der Waals surface area contributed by atoms with Gasteiger partial charge in [0, 0.05) is 31.9 Å². The van der Waals surface area contributed by atoms with Crippen LogP contribution < -0.4 is 11.1 Å². The molecule has 0 unspecified atom stereocenters. The molecule has 0 radical (unpaired) electrons. The smallest absolute Gasteiger partial charge is 0.154 e. The van der Waals surface area contributed by atoms with E-state index in [1.54, 1.807) is 6.20 Å². The van der Waals surface area contributed by atoms with Gasteiger partial charge in [0.2, 0.25) is 0 Å². The van der Waals surface area contributed by atoms with Crippen LogP contribution in [0.2, 0.25) is 0 Å². The second-order valence-electron chi connectivity index (χ2n) is 7.95. The maximum atomic E-state index is 6.48. The highest BCUT2D eigenvalue weighted by Crippen LogP contribution is 2.40. The Morgan fingerprint density at radius 1 is 1.00 bits per heavy atom. The zero-order chi connectivity index (χ0) is 19.4. The lowest BCUT2D eigenvalue weighted by Crippen LogP contribution is -2.43. The van der Waals surface area contributed by atoms with Gasteiger partial charge in [-0.3, -0.25) is 4.57 Å². The van der Waals surface area contributed by atoms with E-state index in [0.717, 1.165) is 52.7 Å². The number of para-hydroxylation sites is 1. The normalized spacial score (nSPS) is 15.9. The van der Waals surface area contributed by atoms with Crippen molar-refractivity contribution in [2.24, 2.45) is 5.73 Å². The molecule has 6 rings (SSSR count). The summed E-state index contributed by atoms with van der Waals surface area (Å²) in [4.78, 5) is 9.55. The van der Waals surface area contributed by atoms with Crippen molar-refractivity contribution in [2.45, 2.75) is 24.8 Å². The standard InChI is InChI=1S/C24H21N5.2H2/c25-24(12-4-13-24)17-10-8-16(9-11-17)20-15-29-21-7-3-14-26-22(21)27-19-6-2-1-5-18(19)23(29)28-20;;/h1-3,5-11,14-15H,4,12-13,25H2,(H,26,27);2*1H. The Bertz CT molecular complexity index is 1170. The maximum Gasteiger partial charge on any atom is 0.154 e. The monoisotopic (exact) mass is 383 g/mol. The van der Waals surface area contributed by atoms with E-state index < -0.39 is 0 Å². The molecule has 2 aromatic carbocycles. The van der Waals surface area contributed by atoms with Gasteiger partial charge in [0.1, 0.15) is 5.82 Å². The Balaban J connectivity index is 0.00000116. The van der Waals surface area contributed by atoms with Crippen LogP contribution in [0.3, 0.4) is 0 Å². The lowest BCUT2D eigenvalue weighted by atomic mass is 9.73. The van der Waals surface area contributed by atoms with Crippen molar-refractivity contribution < 1.29 is 2.85 Å². The van der Waals surface area contributed by atoms with E-state index in [-0.39, 0.29) is 8.39 Å². The minimum absolute atomic E-state index is 0. The van der Waals surface area contributed by atoms with Gasteiger partial charge in [-0.2, -0.15) is 0 Å². The highest BCUT2D eigenvalue weighted by molar-refractivity contribution is 5.84. The second-order valence-corrected chi connectivity index (χ2v) is 7.95. The molecule has 0 saturated heterocycles. The van der Waals surface area contributed by atoms with E-state index in [1.807, 2.05) is 18.2 Å². The van der Waals surface area contributed by atoms with E-state index >= 15 is 0 Å². The summed E-state index contributed by atoms with van der Waals surface area (Å²) in [6.45, 7) is 0. The van der Waals surface area contributed by atoms with E-state index in [0.29, 0.717) is 0 Å². The Morgan fingerprint density at radius 3 is 2.62 bits per heavy atom. The van der Waals surface area contributed by atoms with Crippen molar-refractivity contribution in [3.8, 4) is 28.3 Å². The van der Waals surface area contributed by atoms with Crippen LogP contribution in [0.5, 0.6) is 0 Å². The number of hydrogen-bond donors (Lipinski definition) is 2. The number of aromatic nitrogens is 3. The number of rotatable bonds is 2. The average Bonchev–Trinajstić information content (AvgIpc) is 3.13. The Labute approximate surface area is 172 Å². The summed E-state index contributed by atoms with van der Waals surface area (Å²) in [5.41, 5.74) is 12.7. The molecular formula is C24H25N5. The Hall–Kier alpha value is -3.44. The predicted molar refractivity (Wildman–Crippen MR) is 119 cm³/mol. The quantitative estimate of drug-likeness (QED) is 0.423. The zero-order valence-electron chi connectivity index (χ0n) is 16.0. The van der Waals surface area contributed by atoms with Gasteiger partial charge in [0.05, 0.1) is 17.1 Å². The highest BCUT2D eigenvalue weighted by Gasteiger charge is 2.34. The van der Waals surface area contributed by atoms with Crippen LogP contribution in [0.25, 0.3) is 28.3 Å². The number of nitrogens with one attached hydrogen (secondary N) is 1. The average molecular weight is 383 g/mol. The maximum absolute atomic E-state index is 6.48. The third kappa shape index (κ3) is 2.51. The van der Waals surface area contributed by atoms with Crippen LogP contribution >= 0.6 is 0 Å². The van der Waals surface area contributed by atoms with Crippen molar-refractivity contribution in [3.05, 3.63) is 78.6 Å². The van der Waals surface area contributed by atoms with Crippen molar-refractivity contribution in [1.29, 1.82) is 0 Å². The third-order valence-corrected chi connectivity index (χ3v) is 6.17. The number of fused-ring (bicyclic) bond motifs is 5. The fourth-order valence-corrected chi connectivity index (χ4v) is 4.31. The number of benzene rings is 2. The molecule has 2 aromatic heterocycles. The van der Waals surface area contributed by atoms with Gasteiger partial charge in [0.25, 0.3) is 0 Å². The molecule has 5 heteroatoms. The molecule has 1 aliphatic carbocycles. The van der Waals surface area contributed by atoms with Crippen LogP contribution in [0.4, 0.5) is 11.5 Å². The number of nitrogens with zero attached hydrogens (tertiary/aromatic N) is 3. The molecule has 0 atom stereocenters. The largest absolute Gasteiger partial charge is 0.338 e. The topological polar surface area (TPSA) is 68.8 Å². The molecule has 3 N–H and O–H groups in total. The van der Waals surface area contributed by atoms with E-state index in [1.165, 1.54) is 12.0 Å². The predicted octanol–water partition coefficient (Wildman–Crippen LogP) is 5.49. The zero-order valence-corrected chi connectivity index (χ0v) is 16.0. The Kier molecular flexibility index (Phi) is 3.43. The minimum Gasteiger partial charge on any atom is -0.338 e. The fraction of sp³-hybridized carbons (Fsp3) is 0.167. The Morgan fingerprint density at radius 2 is 1.83 bits per heavy atom. The van der Waals surface area contributed by atoms with Crippen molar-refractivity contribution in [1.82, 2.24) is 14.5 Å². The summed E-state index contributed by atoms with van der Waals surface area (Å²) >= 11 is 0. The highest BCUT2D eigenvalue weighted by atomic mass is 15.1. The van der Waals surface area contributed by atoms with Crippen molar-refractivity contribution in [2.75, 3.05) is 5.32 Å². The molecule has 29 heavy (non-hydrogen) atoms. The van der Waals surface area contributed by atoms with Gasteiger partial charge >= 0.3 is 0 Å². The van der Waals surface area contributed by atoms with Gasteiger partial charge in [-0.1, -0.05) is 36.4 Å². The van der Waals surface area contributed by atoms with Crippen LogP contribution in [0, 0.1) is 0 Å². The van der Waals surface area contributed by atoms with Crippen LogP contribution in [-0.2, 0) is 5.54 Å². The molecule has 0 bridgehead atoms. The first-order chi connectivity index (χ1) is 14.2. The third-order valence-electron chi connectivity index (χ3n) is 6.17. The molecule has 0 amide bonds. The molecule has 0 spiro atoms. The number of imidazole rings is 1. The lowest BCUT2D eigenvalue weighted by molar-refractivity contribution is 0.253. The summed E-state index contributed by atoms with van der Waals surface area (Å²) in [5, 5.41) is 3.45.